The van der Waals surface area contributed by atoms with Crippen LogP contribution >= 0.6 is 0 Å². The Morgan fingerprint density at radius 1 is 1.11 bits per heavy atom. The van der Waals surface area contributed by atoms with Crippen molar-refractivity contribution >= 4 is 39.2 Å². The molecule has 4 rings (SSSR count). The van der Waals surface area contributed by atoms with Gasteiger partial charge < -0.3 is 10.2 Å². The number of benzene rings is 2. The van der Waals surface area contributed by atoms with E-state index in [0.717, 1.165) is 33.1 Å². The van der Waals surface area contributed by atoms with Crippen LogP contribution in [-0.4, -0.2) is 39.1 Å². The number of hydrogen-bond acceptors (Lipinski definition) is 4. The normalized spacial score (nSPS) is 11.0. The summed E-state index contributed by atoms with van der Waals surface area (Å²) in [5.74, 6) is 0.745. The molecule has 0 saturated heterocycles. The van der Waals surface area contributed by atoms with Gasteiger partial charge in [0.25, 0.3) is 5.91 Å². The second-order valence-corrected chi connectivity index (χ2v) is 6.32. The molecule has 0 aliphatic rings. The monoisotopic (exact) mass is 359 g/mol. The fourth-order valence-corrected chi connectivity index (χ4v) is 3.31. The number of aromatic amines is 1. The second kappa shape index (κ2) is 7.07. The third-order valence-corrected chi connectivity index (χ3v) is 4.74. The Balaban J connectivity index is 1.70. The summed E-state index contributed by atoms with van der Waals surface area (Å²) in [5, 5.41) is 12.5. The smallest absolute Gasteiger partial charge is 0.254 e. The molecule has 2 N–H and O–H groups in total. The van der Waals surface area contributed by atoms with Gasteiger partial charge in [-0.05, 0) is 55.0 Å². The predicted molar refractivity (Wildman–Crippen MR) is 108 cm³/mol. The minimum absolute atomic E-state index is 0.0637. The van der Waals surface area contributed by atoms with Gasteiger partial charge in [0.2, 0.25) is 0 Å². The molecule has 6 nitrogen and oxygen atoms in total. The number of hydrogen-bond donors (Lipinski definition) is 2. The van der Waals surface area contributed by atoms with E-state index < -0.39 is 0 Å². The first-order chi connectivity index (χ1) is 13.2. The molecule has 0 atom stereocenters. The Morgan fingerprint density at radius 3 is 2.78 bits per heavy atom. The quantitative estimate of drug-likeness (QED) is 0.556. The molecule has 0 bridgehead atoms. The highest BCUT2D eigenvalue weighted by Gasteiger charge is 2.15. The van der Waals surface area contributed by atoms with Gasteiger partial charge in [0.05, 0.1) is 5.52 Å². The minimum atomic E-state index is 0.0637. The Labute approximate surface area is 157 Å². The van der Waals surface area contributed by atoms with Gasteiger partial charge >= 0.3 is 0 Å². The number of rotatable bonds is 5. The lowest BCUT2D eigenvalue weighted by Gasteiger charge is -2.19. The van der Waals surface area contributed by atoms with E-state index in [4.69, 9.17) is 0 Å². The molecule has 2 aromatic heterocycles. The summed E-state index contributed by atoms with van der Waals surface area (Å²) in [5.41, 5.74) is 3.31. The van der Waals surface area contributed by atoms with E-state index >= 15 is 0 Å². The molecule has 0 unspecified atom stereocenters. The number of carbonyl (C=O) groups is 1. The van der Waals surface area contributed by atoms with Crippen molar-refractivity contribution < 1.29 is 4.79 Å². The summed E-state index contributed by atoms with van der Waals surface area (Å²) in [4.78, 5) is 19.0. The van der Waals surface area contributed by atoms with Crippen molar-refractivity contribution in [2.24, 2.45) is 0 Å². The van der Waals surface area contributed by atoms with Crippen LogP contribution in [-0.2, 0) is 0 Å². The lowest BCUT2D eigenvalue weighted by atomic mass is 10.0. The average Bonchev–Trinajstić information content (AvgIpc) is 3.11. The number of carbonyl (C=O) groups excluding carboxylic acids is 1. The molecule has 0 saturated carbocycles. The summed E-state index contributed by atoms with van der Waals surface area (Å²) in [6.07, 6.45) is 1.74. The maximum Gasteiger partial charge on any atom is 0.254 e. The highest BCUT2D eigenvalue weighted by atomic mass is 16.2. The fourth-order valence-electron chi connectivity index (χ4n) is 3.31. The molecule has 0 fully saturated rings. The van der Waals surface area contributed by atoms with Crippen LogP contribution in [0.25, 0.3) is 21.8 Å². The summed E-state index contributed by atoms with van der Waals surface area (Å²) in [6.45, 7) is 5.39. The van der Waals surface area contributed by atoms with Crippen LogP contribution in [0.5, 0.6) is 0 Å². The lowest BCUT2D eigenvalue weighted by molar-refractivity contribution is 0.0775. The molecule has 27 heavy (non-hydrogen) atoms. The molecule has 4 aromatic rings. The number of nitrogens with zero attached hydrogens (tertiary/aromatic N) is 3. The van der Waals surface area contributed by atoms with E-state index in [1.165, 1.54) is 0 Å². The fraction of sp³-hybridized carbons (Fsp3) is 0.190. The van der Waals surface area contributed by atoms with Crippen LogP contribution in [0.15, 0.2) is 54.7 Å². The van der Waals surface area contributed by atoms with Crippen LogP contribution in [0.1, 0.15) is 24.2 Å². The molecule has 2 heterocycles. The zero-order valence-corrected chi connectivity index (χ0v) is 15.4. The molecule has 136 valence electrons. The lowest BCUT2D eigenvalue weighted by Crippen LogP contribution is -2.30. The zero-order valence-electron chi connectivity index (χ0n) is 15.4. The first-order valence-corrected chi connectivity index (χ1v) is 9.09. The van der Waals surface area contributed by atoms with Crippen molar-refractivity contribution in [1.29, 1.82) is 0 Å². The highest BCUT2D eigenvalue weighted by molar-refractivity contribution is 6.07. The van der Waals surface area contributed by atoms with E-state index in [1.807, 2.05) is 67.3 Å². The third kappa shape index (κ3) is 3.10. The number of fused-ring (bicyclic) bond motifs is 2. The summed E-state index contributed by atoms with van der Waals surface area (Å²) >= 11 is 0. The van der Waals surface area contributed by atoms with Crippen LogP contribution in [0.3, 0.4) is 0 Å². The minimum Gasteiger partial charge on any atom is -0.339 e. The summed E-state index contributed by atoms with van der Waals surface area (Å²) in [7, 11) is 0. The van der Waals surface area contributed by atoms with Gasteiger partial charge in [0.1, 0.15) is 5.52 Å². The van der Waals surface area contributed by atoms with E-state index in [9.17, 15) is 4.79 Å². The van der Waals surface area contributed by atoms with Gasteiger partial charge in [-0.3, -0.25) is 14.9 Å². The van der Waals surface area contributed by atoms with Crippen LogP contribution in [0.2, 0.25) is 0 Å². The standard InChI is InChI=1S/C21H21N5O/c1-3-26(4-2)21(27)17-8-5-7-14-13-15(10-11-16(14)17)23-20-19-18(24-25-20)9-6-12-22-19/h5-13H,3-4H2,1-2H3,(H2,23,24,25). The molecule has 0 aliphatic carbocycles. The topological polar surface area (TPSA) is 73.9 Å². The van der Waals surface area contributed by atoms with Crippen molar-refractivity contribution in [3.8, 4) is 0 Å². The molecular formula is C21H21N5O. The maximum absolute atomic E-state index is 12.8. The van der Waals surface area contributed by atoms with Gasteiger partial charge in [0, 0.05) is 30.5 Å². The van der Waals surface area contributed by atoms with Gasteiger partial charge in [-0.2, -0.15) is 5.10 Å². The number of pyridine rings is 1. The number of anilines is 2. The molecular weight excluding hydrogens is 338 g/mol. The number of aromatic nitrogens is 3. The largest absolute Gasteiger partial charge is 0.339 e. The van der Waals surface area contributed by atoms with Gasteiger partial charge in [-0.25, -0.2) is 0 Å². The van der Waals surface area contributed by atoms with Crippen molar-refractivity contribution in [2.45, 2.75) is 13.8 Å². The number of amides is 1. The van der Waals surface area contributed by atoms with Crippen molar-refractivity contribution in [3.05, 3.63) is 60.3 Å². The first kappa shape index (κ1) is 17.0. The van der Waals surface area contributed by atoms with Crippen molar-refractivity contribution in [2.75, 3.05) is 18.4 Å². The molecule has 6 heteroatoms. The Bertz CT molecular complexity index is 1110. The molecule has 0 radical (unpaired) electrons. The van der Waals surface area contributed by atoms with E-state index in [0.29, 0.717) is 18.9 Å². The molecule has 1 amide bonds. The number of nitrogens with one attached hydrogen (secondary N) is 2. The Morgan fingerprint density at radius 2 is 1.96 bits per heavy atom. The van der Waals surface area contributed by atoms with Gasteiger partial charge in [-0.15, -0.1) is 0 Å². The zero-order chi connectivity index (χ0) is 18.8. The summed E-state index contributed by atoms with van der Waals surface area (Å²) in [6, 6.07) is 15.6. The van der Waals surface area contributed by atoms with E-state index in [1.54, 1.807) is 6.20 Å². The molecule has 0 aliphatic heterocycles. The van der Waals surface area contributed by atoms with E-state index in [-0.39, 0.29) is 5.91 Å². The molecule has 0 spiro atoms. The SMILES string of the molecule is CCN(CC)C(=O)c1cccc2cc(Nc3n[nH]c4cccnc34)ccc12. The first-order valence-electron chi connectivity index (χ1n) is 9.09. The van der Waals surface area contributed by atoms with Crippen LogP contribution < -0.4 is 5.32 Å². The van der Waals surface area contributed by atoms with Crippen molar-refractivity contribution in [1.82, 2.24) is 20.1 Å². The van der Waals surface area contributed by atoms with Crippen LogP contribution in [0.4, 0.5) is 11.5 Å². The maximum atomic E-state index is 12.8. The van der Waals surface area contributed by atoms with Crippen molar-refractivity contribution in [3.63, 3.8) is 0 Å². The van der Waals surface area contributed by atoms with Crippen LogP contribution in [0, 0.1) is 0 Å². The highest BCUT2D eigenvalue weighted by Crippen LogP contribution is 2.27. The van der Waals surface area contributed by atoms with Gasteiger partial charge in [0.15, 0.2) is 5.82 Å². The van der Waals surface area contributed by atoms with Gasteiger partial charge in [-0.1, -0.05) is 18.2 Å². The predicted octanol–water partition coefficient (Wildman–Crippen LogP) is 4.34. The second-order valence-electron chi connectivity index (χ2n) is 6.32. The Hall–Kier alpha value is -3.41. The van der Waals surface area contributed by atoms with E-state index in [2.05, 4.69) is 20.5 Å². The molecule has 2 aromatic carbocycles. The Kier molecular flexibility index (Phi) is 4.46. The summed E-state index contributed by atoms with van der Waals surface area (Å²) < 4.78 is 0. The number of H-pyrrole nitrogens is 1. The average molecular weight is 359 g/mol. The third-order valence-electron chi connectivity index (χ3n) is 4.74.